The number of aryl methyl sites for hydroxylation is 1. The molecular weight excluding hydrogens is 372 g/mol. The molecule has 0 saturated carbocycles. The molecule has 0 aliphatic rings. The van der Waals surface area contributed by atoms with Gasteiger partial charge in [-0.15, -0.1) is 0 Å². The Labute approximate surface area is 178 Å². The molecule has 2 N–H and O–H groups in total. The Bertz CT molecular complexity index is 948. The molecule has 2 aromatic carbocycles. The van der Waals surface area contributed by atoms with E-state index in [0.29, 0.717) is 17.9 Å². The number of ketones is 2. The monoisotopic (exact) mass is 400 g/mol. The Kier molecular flexibility index (Phi) is 7.63. The summed E-state index contributed by atoms with van der Waals surface area (Å²) in [5, 5.41) is 0. The smallest absolute Gasteiger partial charge is 0.185 e. The van der Waals surface area contributed by atoms with Gasteiger partial charge in [-0.25, -0.2) is 4.98 Å². The molecule has 3 aromatic rings. The lowest BCUT2D eigenvalue weighted by Crippen LogP contribution is -2.12. The van der Waals surface area contributed by atoms with Crippen LogP contribution in [0.2, 0.25) is 0 Å². The highest BCUT2D eigenvalue weighted by Crippen LogP contribution is 2.13. The largest absolute Gasteiger partial charge is 0.330 e. The Morgan fingerprint density at radius 1 is 0.733 bits per heavy atom. The van der Waals surface area contributed by atoms with Crippen LogP contribution >= 0.6 is 0 Å². The highest BCUT2D eigenvalue weighted by molar-refractivity contribution is 5.99. The van der Waals surface area contributed by atoms with Gasteiger partial charge < -0.3 is 5.73 Å². The van der Waals surface area contributed by atoms with Crippen molar-refractivity contribution in [2.75, 3.05) is 6.54 Å². The van der Waals surface area contributed by atoms with E-state index < -0.39 is 0 Å². The van der Waals surface area contributed by atoms with E-state index in [1.807, 2.05) is 36.4 Å². The number of Topliss-reactive ketones (excluding diaryl/α,β-unsaturated/α-hetero) is 2. The zero-order chi connectivity index (χ0) is 21.3. The molecule has 0 bridgehead atoms. The van der Waals surface area contributed by atoms with Crippen LogP contribution in [0.3, 0.4) is 0 Å². The summed E-state index contributed by atoms with van der Waals surface area (Å²) in [4.78, 5) is 29.8. The molecule has 0 fully saturated rings. The second-order valence-electron chi connectivity index (χ2n) is 7.54. The van der Waals surface area contributed by atoms with Gasteiger partial charge in [-0.2, -0.15) is 0 Å². The second-order valence-corrected chi connectivity index (χ2v) is 7.54. The SMILES string of the molecule is CCCc1cccc(CC(=O)c2cccc(C(=O)Cc3cccc(CCN)c3)n2)c1. The number of pyridine rings is 1. The van der Waals surface area contributed by atoms with Crippen LogP contribution in [0.25, 0.3) is 0 Å². The minimum absolute atomic E-state index is 0.0803. The summed E-state index contributed by atoms with van der Waals surface area (Å²) >= 11 is 0. The third kappa shape index (κ3) is 5.94. The summed E-state index contributed by atoms with van der Waals surface area (Å²) in [6, 6.07) is 21.1. The third-order valence-electron chi connectivity index (χ3n) is 5.00. The highest BCUT2D eigenvalue weighted by atomic mass is 16.1. The first-order valence-corrected chi connectivity index (χ1v) is 10.5. The molecule has 0 amide bonds. The van der Waals surface area contributed by atoms with Crippen LogP contribution in [0.1, 0.15) is 56.6 Å². The lowest BCUT2D eigenvalue weighted by molar-refractivity contribution is 0.0984. The molecule has 1 aromatic heterocycles. The maximum absolute atomic E-state index is 12.7. The van der Waals surface area contributed by atoms with Crippen molar-refractivity contribution >= 4 is 11.6 Å². The van der Waals surface area contributed by atoms with E-state index in [1.54, 1.807) is 18.2 Å². The second kappa shape index (κ2) is 10.6. The third-order valence-corrected chi connectivity index (χ3v) is 5.00. The van der Waals surface area contributed by atoms with E-state index in [2.05, 4.69) is 24.0 Å². The lowest BCUT2D eigenvalue weighted by atomic mass is 10.0. The average Bonchev–Trinajstić information content (AvgIpc) is 2.75. The molecule has 0 radical (unpaired) electrons. The molecule has 0 unspecified atom stereocenters. The topological polar surface area (TPSA) is 73.0 Å². The van der Waals surface area contributed by atoms with Crippen LogP contribution in [-0.4, -0.2) is 23.1 Å². The molecule has 3 rings (SSSR count). The Morgan fingerprint density at radius 3 is 1.70 bits per heavy atom. The first kappa shape index (κ1) is 21.6. The van der Waals surface area contributed by atoms with Gasteiger partial charge in [-0.05, 0) is 53.8 Å². The number of nitrogens with zero attached hydrogens (tertiary/aromatic N) is 1. The number of carbonyl (C=O) groups is 2. The highest BCUT2D eigenvalue weighted by Gasteiger charge is 2.14. The lowest BCUT2D eigenvalue weighted by Gasteiger charge is -2.07. The summed E-state index contributed by atoms with van der Waals surface area (Å²) in [6.07, 6.45) is 3.38. The average molecular weight is 401 g/mol. The van der Waals surface area contributed by atoms with Gasteiger partial charge >= 0.3 is 0 Å². The van der Waals surface area contributed by atoms with Gasteiger partial charge in [0, 0.05) is 12.8 Å². The van der Waals surface area contributed by atoms with Crippen molar-refractivity contribution in [3.63, 3.8) is 0 Å². The number of hydrogen-bond acceptors (Lipinski definition) is 4. The molecule has 0 aliphatic carbocycles. The fourth-order valence-electron chi connectivity index (χ4n) is 3.54. The zero-order valence-electron chi connectivity index (χ0n) is 17.4. The fourth-order valence-corrected chi connectivity index (χ4v) is 3.54. The van der Waals surface area contributed by atoms with Crippen molar-refractivity contribution in [1.29, 1.82) is 0 Å². The molecule has 1 heterocycles. The van der Waals surface area contributed by atoms with E-state index in [-0.39, 0.29) is 24.4 Å². The first-order valence-electron chi connectivity index (χ1n) is 10.5. The standard InChI is InChI=1S/C26H28N2O2/c1-2-6-19-7-3-9-21(15-19)17-25(29)23-11-5-12-24(28-23)26(30)18-22-10-4-8-20(16-22)13-14-27/h3-5,7-12,15-16H,2,6,13-14,17-18,27H2,1H3. The van der Waals surface area contributed by atoms with Crippen LogP contribution in [-0.2, 0) is 25.7 Å². The molecule has 0 saturated heterocycles. The molecule has 154 valence electrons. The van der Waals surface area contributed by atoms with Crippen LogP contribution in [0.5, 0.6) is 0 Å². The molecule has 4 nitrogen and oxygen atoms in total. The molecule has 0 atom stereocenters. The first-order chi connectivity index (χ1) is 14.6. The zero-order valence-corrected chi connectivity index (χ0v) is 17.4. The Hall–Kier alpha value is -3.11. The van der Waals surface area contributed by atoms with Gasteiger partial charge in [0.15, 0.2) is 11.6 Å². The van der Waals surface area contributed by atoms with Gasteiger partial charge in [-0.1, -0.05) is 67.9 Å². The maximum Gasteiger partial charge on any atom is 0.185 e. The van der Waals surface area contributed by atoms with Crippen molar-refractivity contribution in [3.05, 3.63) is 100 Å². The van der Waals surface area contributed by atoms with Gasteiger partial charge in [-0.3, -0.25) is 9.59 Å². The molecular formula is C26H28N2O2. The van der Waals surface area contributed by atoms with E-state index >= 15 is 0 Å². The van der Waals surface area contributed by atoms with Crippen LogP contribution in [0.4, 0.5) is 0 Å². The molecule has 0 spiro atoms. The van der Waals surface area contributed by atoms with E-state index in [1.165, 1.54) is 5.56 Å². The van der Waals surface area contributed by atoms with E-state index in [9.17, 15) is 9.59 Å². The summed E-state index contributed by atoms with van der Waals surface area (Å²) in [5.41, 5.74) is 10.5. The van der Waals surface area contributed by atoms with Crippen molar-refractivity contribution < 1.29 is 9.59 Å². The van der Waals surface area contributed by atoms with Crippen molar-refractivity contribution in [2.24, 2.45) is 5.73 Å². The van der Waals surface area contributed by atoms with Crippen molar-refractivity contribution in [2.45, 2.75) is 39.0 Å². The van der Waals surface area contributed by atoms with E-state index in [0.717, 1.165) is 36.0 Å². The number of nitrogens with two attached hydrogens (primary N) is 1. The number of benzene rings is 2. The number of rotatable bonds is 10. The Morgan fingerprint density at radius 2 is 1.20 bits per heavy atom. The van der Waals surface area contributed by atoms with Gasteiger partial charge in [0.1, 0.15) is 11.4 Å². The summed E-state index contributed by atoms with van der Waals surface area (Å²) in [6.45, 7) is 2.71. The Balaban J connectivity index is 1.70. The van der Waals surface area contributed by atoms with Crippen LogP contribution in [0, 0.1) is 0 Å². The predicted molar refractivity (Wildman–Crippen MR) is 120 cm³/mol. The molecule has 4 heteroatoms. The minimum Gasteiger partial charge on any atom is -0.330 e. The van der Waals surface area contributed by atoms with Crippen LogP contribution in [0.15, 0.2) is 66.7 Å². The maximum atomic E-state index is 12.7. The number of hydrogen-bond donors (Lipinski definition) is 1. The quantitative estimate of drug-likeness (QED) is 0.513. The van der Waals surface area contributed by atoms with Crippen LogP contribution < -0.4 is 5.73 Å². The predicted octanol–water partition coefficient (Wildman–Crippen LogP) is 4.39. The van der Waals surface area contributed by atoms with Gasteiger partial charge in [0.05, 0.1) is 0 Å². The summed E-state index contributed by atoms with van der Waals surface area (Å²) in [5.74, 6) is -0.178. The van der Waals surface area contributed by atoms with Gasteiger partial charge in [0.2, 0.25) is 0 Å². The normalized spacial score (nSPS) is 10.7. The molecule has 0 aliphatic heterocycles. The summed E-state index contributed by atoms with van der Waals surface area (Å²) < 4.78 is 0. The van der Waals surface area contributed by atoms with Crippen molar-refractivity contribution in [3.8, 4) is 0 Å². The van der Waals surface area contributed by atoms with Gasteiger partial charge in [0.25, 0.3) is 0 Å². The number of aromatic nitrogens is 1. The fraction of sp³-hybridized carbons (Fsp3) is 0.269. The number of carbonyl (C=O) groups excluding carboxylic acids is 2. The molecule has 30 heavy (non-hydrogen) atoms. The van der Waals surface area contributed by atoms with E-state index in [4.69, 9.17) is 5.73 Å². The summed E-state index contributed by atoms with van der Waals surface area (Å²) in [7, 11) is 0. The van der Waals surface area contributed by atoms with Crippen molar-refractivity contribution in [1.82, 2.24) is 4.98 Å². The minimum atomic E-state index is -0.0977.